The molecule has 0 bridgehead atoms. The van der Waals surface area contributed by atoms with Gasteiger partial charge in [0.2, 0.25) is 5.91 Å². The van der Waals surface area contributed by atoms with Gasteiger partial charge in [0.05, 0.1) is 0 Å². The maximum Gasteiger partial charge on any atom is 0.226 e. The van der Waals surface area contributed by atoms with Crippen molar-refractivity contribution in [3.63, 3.8) is 0 Å². The number of carbonyl (C=O) groups is 1. The third kappa shape index (κ3) is 4.11. The lowest BCUT2D eigenvalue weighted by Gasteiger charge is -2.37. The molecule has 4 heteroatoms. The van der Waals surface area contributed by atoms with Gasteiger partial charge in [-0.2, -0.15) is 0 Å². The summed E-state index contributed by atoms with van der Waals surface area (Å²) in [6.07, 6.45) is 7.69. The lowest BCUT2D eigenvalue weighted by molar-refractivity contribution is -0.140. The fraction of sp³-hybridized carbons (Fsp3) is 0.938. The van der Waals surface area contributed by atoms with E-state index < -0.39 is 0 Å². The van der Waals surface area contributed by atoms with Gasteiger partial charge in [-0.15, -0.1) is 12.4 Å². The maximum absolute atomic E-state index is 12.9. The molecule has 0 saturated heterocycles. The lowest BCUT2D eigenvalue weighted by atomic mass is 9.84. The second kappa shape index (κ2) is 7.65. The zero-order chi connectivity index (χ0) is 14.0. The summed E-state index contributed by atoms with van der Waals surface area (Å²) in [5.41, 5.74) is 6.05. The third-order valence-corrected chi connectivity index (χ3v) is 5.16. The molecule has 0 aromatic heterocycles. The molecule has 3 nitrogen and oxygen atoms in total. The third-order valence-electron chi connectivity index (χ3n) is 5.16. The van der Waals surface area contributed by atoms with E-state index in [9.17, 15) is 4.79 Å². The molecule has 1 amide bonds. The van der Waals surface area contributed by atoms with Gasteiger partial charge in [-0.3, -0.25) is 4.79 Å². The zero-order valence-corrected chi connectivity index (χ0v) is 14.0. The number of nitrogens with zero attached hydrogens (tertiary/aromatic N) is 1. The molecule has 0 aromatic carbocycles. The molecular weight excluding hydrogens is 272 g/mol. The Morgan fingerprint density at radius 1 is 1.25 bits per heavy atom. The summed E-state index contributed by atoms with van der Waals surface area (Å²) in [6.45, 7) is 6.71. The van der Waals surface area contributed by atoms with Crippen molar-refractivity contribution in [3.05, 3.63) is 0 Å². The van der Waals surface area contributed by atoms with Crippen LogP contribution in [0.2, 0.25) is 0 Å². The monoisotopic (exact) mass is 302 g/mol. The van der Waals surface area contributed by atoms with Crippen LogP contribution in [0.25, 0.3) is 0 Å². The van der Waals surface area contributed by atoms with E-state index in [1.165, 1.54) is 12.8 Å². The highest BCUT2D eigenvalue weighted by atomic mass is 35.5. The van der Waals surface area contributed by atoms with E-state index in [0.717, 1.165) is 32.1 Å². The molecule has 4 unspecified atom stereocenters. The normalized spacial score (nSPS) is 29.2. The Balaban J connectivity index is 0.00000200. The molecule has 0 heterocycles. The first kappa shape index (κ1) is 17.8. The predicted molar refractivity (Wildman–Crippen MR) is 86.0 cm³/mol. The first-order valence-corrected chi connectivity index (χ1v) is 8.12. The van der Waals surface area contributed by atoms with Crippen LogP contribution in [0.1, 0.15) is 65.7 Å². The first-order valence-electron chi connectivity index (χ1n) is 8.12. The molecule has 20 heavy (non-hydrogen) atoms. The molecule has 0 radical (unpaired) electrons. The van der Waals surface area contributed by atoms with E-state index in [4.69, 9.17) is 5.73 Å². The zero-order valence-electron chi connectivity index (χ0n) is 13.2. The van der Waals surface area contributed by atoms with Crippen molar-refractivity contribution >= 4 is 18.3 Å². The molecule has 2 aliphatic rings. The Bertz CT molecular complexity index is 320. The van der Waals surface area contributed by atoms with E-state index in [0.29, 0.717) is 23.9 Å². The molecule has 4 atom stereocenters. The predicted octanol–water partition coefficient (Wildman–Crippen LogP) is 3.35. The number of hydrogen-bond acceptors (Lipinski definition) is 2. The van der Waals surface area contributed by atoms with Gasteiger partial charge in [0.15, 0.2) is 0 Å². The van der Waals surface area contributed by atoms with Crippen LogP contribution in [0, 0.1) is 11.8 Å². The number of amides is 1. The van der Waals surface area contributed by atoms with Crippen LogP contribution in [0.15, 0.2) is 0 Å². The summed E-state index contributed by atoms with van der Waals surface area (Å²) in [6, 6.07) is 1.14. The van der Waals surface area contributed by atoms with Crippen molar-refractivity contribution < 1.29 is 4.79 Å². The van der Waals surface area contributed by atoms with E-state index in [1.807, 2.05) is 0 Å². The standard InChI is InChI=1S/C16H30N2O.ClH/c1-4-11(2)12(3)18(15-8-9-15)16(19)13-6-5-7-14(17)10-13;/h11-15H,4-10,17H2,1-3H3;1H. The molecule has 0 aromatic rings. The summed E-state index contributed by atoms with van der Waals surface area (Å²) in [5, 5.41) is 0. The highest BCUT2D eigenvalue weighted by molar-refractivity contribution is 5.85. The highest BCUT2D eigenvalue weighted by Crippen LogP contribution is 2.35. The fourth-order valence-electron chi connectivity index (χ4n) is 3.34. The van der Waals surface area contributed by atoms with E-state index in [1.54, 1.807) is 0 Å². The van der Waals surface area contributed by atoms with Crippen LogP contribution in [-0.2, 0) is 4.79 Å². The lowest BCUT2D eigenvalue weighted by Crippen LogP contribution is -2.48. The number of hydrogen-bond donors (Lipinski definition) is 1. The van der Waals surface area contributed by atoms with Crippen molar-refractivity contribution in [2.45, 2.75) is 83.8 Å². The molecule has 2 aliphatic carbocycles. The Kier molecular flexibility index (Phi) is 6.80. The van der Waals surface area contributed by atoms with Crippen LogP contribution >= 0.6 is 12.4 Å². The van der Waals surface area contributed by atoms with Gasteiger partial charge in [-0.1, -0.05) is 26.7 Å². The van der Waals surface area contributed by atoms with Crippen molar-refractivity contribution in [3.8, 4) is 0 Å². The maximum atomic E-state index is 12.9. The van der Waals surface area contributed by atoms with Crippen molar-refractivity contribution in [1.82, 2.24) is 4.90 Å². The number of nitrogens with two attached hydrogens (primary N) is 1. The van der Waals surface area contributed by atoms with E-state index >= 15 is 0 Å². The second-order valence-electron chi connectivity index (χ2n) is 6.73. The SMILES string of the molecule is CCC(C)C(C)N(C(=O)C1CCCC(N)C1)C1CC1.Cl. The minimum atomic E-state index is 0. The molecule has 2 fully saturated rings. The van der Waals surface area contributed by atoms with Gasteiger partial charge in [0, 0.05) is 24.0 Å². The van der Waals surface area contributed by atoms with Crippen molar-refractivity contribution in [2.75, 3.05) is 0 Å². The van der Waals surface area contributed by atoms with Gasteiger partial charge in [-0.25, -0.2) is 0 Å². The molecular formula is C16H31ClN2O. The topological polar surface area (TPSA) is 46.3 Å². The van der Waals surface area contributed by atoms with Gasteiger partial charge in [0.1, 0.15) is 0 Å². The van der Waals surface area contributed by atoms with Crippen molar-refractivity contribution in [1.29, 1.82) is 0 Å². The number of rotatable bonds is 5. The van der Waals surface area contributed by atoms with Crippen LogP contribution in [-0.4, -0.2) is 28.9 Å². The average molecular weight is 303 g/mol. The minimum Gasteiger partial charge on any atom is -0.337 e. The second-order valence-corrected chi connectivity index (χ2v) is 6.73. The minimum absolute atomic E-state index is 0. The van der Waals surface area contributed by atoms with Crippen LogP contribution < -0.4 is 5.73 Å². The van der Waals surface area contributed by atoms with Crippen LogP contribution in [0.5, 0.6) is 0 Å². The van der Waals surface area contributed by atoms with Gasteiger partial charge in [0.25, 0.3) is 0 Å². The van der Waals surface area contributed by atoms with Gasteiger partial charge >= 0.3 is 0 Å². The number of halogens is 1. The fourth-order valence-corrected chi connectivity index (χ4v) is 3.34. The molecule has 0 spiro atoms. The van der Waals surface area contributed by atoms with Crippen molar-refractivity contribution in [2.24, 2.45) is 17.6 Å². The van der Waals surface area contributed by atoms with Crippen LogP contribution in [0.3, 0.4) is 0 Å². The molecule has 2 N–H and O–H groups in total. The molecule has 0 aliphatic heterocycles. The summed E-state index contributed by atoms with van der Waals surface area (Å²) >= 11 is 0. The summed E-state index contributed by atoms with van der Waals surface area (Å²) in [4.78, 5) is 15.1. The van der Waals surface area contributed by atoms with E-state index in [2.05, 4.69) is 25.7 Å². The highest BCUT2D eigenvalue weighted by Gasteiger charge is 2.40. The van der Waals surface area contributed by atoms with E-state index in [-0.39, 0.29) is 24.4 Å². The summed E-state index contributed by atoms with van der Waals surface area (Å²) in [7, 11) is 0. The molecule has 2 saturated carbocycles. The Labute approximate surface area is 130 Å². The number of carbonyl (C=O) groups excluding carboxylic acids is 1. The smallest absolute Gasteiger partial charge is 0.226 e. The largest absolute Gasteiger partial charge is 0.337 e. The van der Waals surface area contributed by atoms with Gasteiger partial charge in [-0.05, 0) is 44.9 Å². The summed E-state index contributed by atoms with van der Waals surface area (Å²) < 4.78 is 0. The molecule has 2 rings (SSSR count). The Morgan fingerprint density at radius 2 is 1.90 bits per heavy atom. The summed E-state index contributed by atoms with van der Waals surface area (Å²) in [5.74, 6) is 1.17. The first-order chi connectivity index (χ1) is 9.04. The Morgan fingerprint density at radius 3 is 2.40 bits per heavy atom. The quantitative estimate of drug-likeness (QED) is 0.846. The van der Waals surface area contributed by atoms with Crippen LogP contribution in [0.4, 0.5) is 0 Å². The average Bonchev–Trinajstić information content (AvgIpc) is 3.22. The van der Waals surface area contributed by atoms with Gasteiger partial charge < -0.3 is 10.6 Å². The molecule has 118 valence electrons. The Hall–Kier alpha value is -0.280.